The molecule has 2 rings (SSSR count). The number of aryl methyl sites for hydroxylation is 1. The van der Waals surface area contributed by atoms with Crippen LogP contribution in [0.2, 0.25) is 0 Å². The van der Waals surface area contributed by atoms with E-state index in [4.69, 9.17) is 5.73 Å². The summed E-state index contributed by atoms with van der Waals surface area (Å²) in [5.74, 6) is 0. The first-order chi connectivity index (χ1) is 6.30. The predicted molar refractivity (Wildman–Crippen MR) is 52.5 cm³/mol. The minimum absolute atomic E-state index is 0.271. The minimum Gasteiger partial charge on any atom is -0.330 e. The van der Waals surface area contributed by atoms with Crippen molar-refractivity contribution in [2.45, 2.75) is 38.1 Å². The van der Waals surface area contributed by atoms with E-state index in [9.17, 15) is 0 Å². The molecular weight excluding hydrogens is 162 g/mol. The van der Waals surface area contributed by atoms with Gasteiger partial charge >= 0.3 is 0 Å². The molecule has 0 aromatic carbocycles. The van der Waals surface area contributed by atoms with Crippen molar-refractivity contribution in [3.05, 3.63) is 18.0 Å². The van der Waals surface area contributed by atoms with E-state index >= 15 is 0 Å². The first-order valence-corrected chi connectivity index (χ1v) is 5.04. The Morgan fingerprint density at radius 1 is 1.62 bits per heavy atom. The van der Waals surface area contributed by atoms with Crippen molar-refractivity contribution in [1.29, 1.82) is 0 Å². The lowest BCUT2D eigenvalue weighted by atomic mass is 9.65. The second kappa shape index (κ2) is 3.14. The normalized spacial score (nSPS) is 19.8. The number of rotatable bonds is 3. The summed E-state index contributed by atoms with van der Waals surface area (Å²) in [5, 5.41) is 4.29. The highest BCUT2D eigenvalue weighted by molar-refractivity contribution is 5.23. The molecule has 0 saturated heterocycles. The van der Waals surface area contributed by atoms with Gasteiger partial charge in [0.25, 0.3) is 0 Å². The van der Waals surface area contributed by atoms with Gasteiger partial charge in [0.15, 0.2) is 0 Å². The second-order valence-electron chi connectivity index (χ2n) is 3.92. The fraction of sp³-hybridized carbons (Fsp3) is 0.700. The average Bonchev–Trinajstić information content (AvgIpc) is 2.52. The topological polar surface area (TPSA) is 43.8 Å². The minimum atomic E-state index is 0.271. The summed E-state index contributed by atoms with van der Waals surface area (Å²) in [5.41, 5.74) is 7.42. The van der Waals surface area contributed by atoms with E-state index in [0.717, 1.165) is 13.1 Å². The average molecular weight is 179 g/mol. The predicted octanol–water partition coefficient (Wildman–Crippen LogP) is 1.28. The molecule has 72 valence electrons. The zero-order valence-electron chi connectivity index (χ0n) is 8.16. The zero-order valence-corrected chi connectivity index (χ0v) is 8.16. The Hall–Kier alpha value is -0.830. The highest BCUT2D eigenvalue weighted by Crippen LogP contribution is 2.42. The van der Waals surface area contributed by atoms with Gasteiger partial charge in [-0.05, 0) is 25.3 Å². The van der Waals surface area contributed by atoms with Crippen molar-refractivity contribution in [1.82, 2.24) is 9.78 Å². The molecule has 1 saturated carbocycles. The molecule has 0 bridgehead atoms. The van der Waals surface area contributed by atoms with E-state index in [1.165, 1.54) is 24.8 Å². The molecule has 13 heavy (non-hydrogen) atoms. The second-order valence-corrected chi connectivity index (χ2v) is 3.92. The molecule has 0 unspecified atom stereocenters. The maximum Gasteiger partial charge on any atom is 0.0527 e. The van der Waals surface area contributed by atoms with Gasteiger partial charge in [0.1, 0.15) is 0 Å². The van der Waals surface area contributed by atoms with Crippen LogP contribution in [0.5, 0.6) is 0 Å². The van der Waals surface area contributed by atoms with Crippen LogP contribution in [0.15, 0.2) is 12.4 Å². The molecule has 1 aromatic rings. The number of aromatic nitrogens is 2. The largest absolute Gasteiger partial charge is 0.330 e. The smallest absolute Gasteiger partial charge is 0.0527 e. The SMILES string of the molecule is CCn1cc(C2(CN)CCC2)cn1. The molecule has 2 N–H and O–H groups in total. The van der Waals surface area contributed by atoms with Crippen LogP contribution in [0, 0.1) is 0 Å². The van der Waals surface area contributed by atoms with E-state index in [1.807, 2.05) is 10.9 Å². The third-order valence-electron chi connectivity index (χ3n) is 3.27. The van der Waals surface area contributed by atoms with Crippen LogP contribution in [-0.2, 0) is 12.0 Å². The molecule has 0 atom stereocenters. The van der Waals surface area contributed by atoms with Crippen LogP contribution in [0.4, 0.5) is 0 Å². The lowest BCUT2D eigenvalue weighted by Crippen LogP contribution is -2.41. The number of hydrogen-bond acceptors (Lipinski definition) is 2. The van der Waals surface area contributed by atoms with Gasteiger partial charge < -0.3 is 5.73 Å². The Balaban J connectivity index is 2.23. The van der Waals surface area contributed by atoms with Gasteiger partial charge in [-0.1, -0.05) is 6.42 Å². The number of nitrogens with two attached hydrogens (primary N) is 1. The quantitative estimate of drug-likeness (QED) is 0.759. The zero-order chi connectivity index (χ0) is 9.31. The van der Waals surface area contributed by atoms with Gasteiger partial charge in [-0.2, -0.15) is 5.10 Å². The van der Waals surface area contributed by atoms with Gasteiger partial charge in [-0.25, -0.2) is 0 Å². The maximum atomic E-state index is 5.81. The molecule has 3 nitrogen and oxygen atoms in total. The van der Waals surface area contributed by atoms with E-state index in [2.05, 4.69) is 18.2 Å². The third kappa shape index (κ3) is 1.27. The van der Waals surface area contributed by atoms with Crippen LogP contribution in [0.1, 0.15) is 31.7 Å². The maximum absolute atomic E-state index is 5.81. The number of hydrogen-bond donors (Lipinski definition) is 1. The Morgan fingerprint density at radius 3 is 2.77 bits per heavy atom. The summed E-state index contributed by atoms with van der Waals surface area (Å²) >= 11 is 0. The summed E-state index contributed by atoms with van der Waals surface area (Å²) in [6.07, 6.45) is 7.91. The lowest BCUT2D eigenvalue weighted by Gasteiger charge is -2.40. The molecule has 1 fully saturated rings. The molecule has 0 radical (unpaired) electrons. The fourth-order valence-corrected chi connectivity index (χ4v) is 2.02. The van der Waals surface area contributed by atoms with Crippen LogP contribution in [0.3, 0.4) is 0 Å². The lowest BCUT2D eigenvalue weighted by molar-refractivity contribution is 0.253. The molecule has 1 aliphatic carbocycles. The Kier molecular flexibility index (Phi) is 2.12. The summed E-state index contributed by atoms with van der Waals surface area (Å²) in [6, 6.07) is 0. The van der Waals surface area contributed by atoms with Crippen molar-refractivity contribution in [2.24, 2.45) is 5.73 Å². The van der Waals surface area contributed by atoms with Gasteiger partial charge in [0.05, 0.1) is 6.20 Å². The summed E-state index contributed by atoms with van der Waals surface area (Å²) in [4.78, 5) is 0. The van der Waals surface area contributed by atoms with Gasteiger partial charge in [0, 0.05) is 24.7 Å². The fourth-order valence-electron chi connectivity index (χ4n) is 2.02. The molecule has 1 aromatic heterocycles. The first-order valence-electron chi connectivity index (χ1n) is 5.04. The van der Waals surface area contributed by atoms with Crippen molar-refractivity contribution >= 4 is 0 Å². The highest BCUT2D eigenvalue weighted by Gasteiger charge is 2.38. The first kappa shape index (κ1) is 8.75. The molecule has 0 amide bonds. The van der Waals surface area contributed by atoms with Crippen molar-refractivity contribution in [2.75, 3.05) is 6.54 Å². The van der Waals surface area contributed by atoms with Crippen LogP contribution < -0.4 is 5.73 Å². The Labute approximate surface area is 78.9 Å². The number of nitrogens with zero attached hydrogens (tertiary/aromatic N) is 2. The van der Waals surface area contributed by atoms with E-state index < -0.39 is 0 Å². The third-order valence-corrected chi connectivity index (χ3v) is 3.27. The van der Waals surface area contributed by atoms with Gasteiger partial charge in [-0.15, -0.1) is 0 Å². The van der Waals surface area contributed by atoms with Crippen LogP contribution >= 0.6 is 0 Å². The van der Waals surface area contributed by atoms with Crippen LogP contribution in [0.25, 0.3) is 0 Å². The standard InChI is InChI=1S/C10H17N3/c1-2-13-7-9(6-12-13)10(8-11)4-3-5-10/h6-7H,2-5,8,11H2,1H3. The van der Waals surface area contributed by atoms with Crippen molar-refractivity contribution < 1.29 is 0 Å². The summed E-state index contributed by atoms with van der Waals surface area (Å²) in [7, 11) is 0. The Bertz CT molecular complexity index is 281. The van der Waals surface area contributed by atoms with Crippen molar-refractivity contribution in [3.8, 4) is 0 Å². The summed E-state index contributed by atoms with van der Waals surface area (Å²) in [6.45, 7) is 3.82. The molecule has 0 spiro atoms. The molecule has 3 heteroatoms. The Morgan fingerprint density at radius 2 is 2.38 bits per heavy atom. The van der Waals surface area contributed by atoms with E-state index in [-0.39, 0.29) is 5.41 Å². The summed E-state index contributed by atoms with van der Waals surface area (Å²) < 4.78 is 1.98. The van der Waals surface area contributed by atoms with Gasteiger partial charge in [0.2, 0.25) is 0 Å². The van der Waals surface area contributed by atoms with Crippen LogP contribution in [-0.4, -0.2) is 16.3 Å². The monoisotopic (exact) mass is 179 g/mol. The van der Waals surface area contributed by atoms with Gasteiger partial charge in [-0.3, -0.25) is 4.68 Å². The molecule has 1 aliphatic rings. The molecule has 1 heterocycles. The van der Waals surface area contributed by atoms with Crippen molar-refractivity contribution in [3.63, 3.8) is 0 Å². The van der Waals surface area contributed by atoms with E-state index in [0.29, 0.717) is 0 Å². The van der Waals surface area contributed by atoms with E-state index in [1.54, 1.807) is 0 Å². The molecule has 0 aliphatic heterocycles. The molecular formula is C10H17N3. The highest BCUT2D eigenvalue weighted by atomic mass is 15.3.